The number of likely N-dealkylation sites (N-methyl/N-ethyl adjacent to an activating group) is 2. The van der Waals surface area contributed by atoms with Gasteiger partial charge >= 0.3 is 0 Å². The van der Waals surface area contributed by atoms with Gasteiger partial charge < -0.3 is 24.4 Å². The molecule has 0 aromatic heterocycles. The lowest BCUT2D eigenvalue weighted by molar-refractivity contribution is -0.132. The molecule has 1 aliphatic heterocycles. The van der Waals surface area contributed by atoms with Crippen molar-refractivity contribution in [3.05, 3.63) is 23.8 Å². The van der Waals surface area contributed by atoms with Gasteiger partial charge in [0.25, 0.3) is 0 Å². The van der Waals surface area contributed by atoms with E-state index in [1.165, 1.54) is 10.4 Å². The van der Waals surface area contributed by atoms with Gasteiger partial charge in [0.2, 0.25) is 15.9 Å². The van der Waals surface area contributed by atoms with Crippen molar-refractivity contribution in [2.75, 3.05) is 61.1 Å². The minimum Gasteiger partial charge on any atom is -0.487 e. The molecule has 0 saturated carbocycles. The Hall–Kier alpha value is -2.16. The van der Waals surface area contributed by atoms with Gasteiger partial charge in [-0.15, -0.1) is 0 Å². The maximum absolute atomic E-state index is 13.5. The Balaban J connectivity index is 2.50. The Morgan fingerprint density at radius 1 is 1.36 bits per heavy atom. The van der Waals surface area contributed by atoms with E-state index in [4.69, 9.17) is 9.47 Å². The Morgan fingerprint density at radius 3 is 2.67 bits per heavy atom. The average Bonchev–Trinajstić information content (AvgIpc) is 2.75. The summed E-state index contributed by atoms with van der Waals surface area (Å²) >= 11 is 0. The highest BCUT2D eigenvalue weighted by atomic mass is 32.2. The molecule has 9 nitrogen and oxygen atoms in total. The summed E-state index contributed by atoms with van der Waals surface area (Å²) in [4.78, 5) is 15.9. The van der Waals surface area contributed by atoms with Crippen molar-refractivity contribution in [1.82, 2.24) is 14.1 Å². The predicted molar refractivity (Wildman–Crippen MR) is 125 cm³/mol. The normalized spacial score (nSPS) is 21.1. The second-order valence-electron chi connectivity index (χ2n) is 8.65. The number of carbonyl (C=O) groups is 1. The van der Waals surface area contributed by atoms with Crippen molar-refractivity contribution in [3.8, 4) is 17.6 Å². The lowest BCUT2D eigenvalue weighted by Crippen LogP contribution is -2.50. The molecule has 3 atom stereocenters. The number of ether oxygens (including phenoxy) is 2. The molecule has 1 N–H and O–H groups in total. The molecule has 1 heterocycles. The Morgan fingerprint density at radius 2 is 2.06 bits per heavy atom. The molecule has 0 unspecified atom stereocenters. The molecule has 1 aliphatic rings. The fraction of sp³-hybridized carbons (Fsp3) is 0.609. The Labute approximate surface area is 197 Å². The number of nitrogens with zero attached hydrogens (tertiary/aromatic N) is 3. The van der Waals surface area contributed by atoms with Crippen LogP contribution in [0.4, 0.5) is 0 Å². The molecule has 33 heavy (non-hydrogen) atoms. The molecule has 1 amide bonds. The van der Waals surface area contributed by atoms with Gasteiger partial charge in [-0.1, -0.05) is 18.8 Å². The van der Waals surface area contributed by atoms with Crippen molar-refractivity contribution in [2.24, 2.45) is 5.92 Å². The molecule has 0 radical (unpaired) electrons. The number of aliphatic hydroxyl groups excluding tert-OH is 1. The summed E-state index contributed by atoms with van der Waals surface area (Å²) in [6, 6.07) is 4.09. The molecule has 184 valence electrons. The summed E-state index contributed by atoms with van der Waals surface area (Å²) in [6.45, 7) is 4.18. The fourth-order valence-corrected chi connectivity index (χ4v) is 5.32. The second-order valence-corrected chi connectivity index (χ2v) is 10.5. The van der Waals surface area contributed by atoms with Crippen molar-refractivity contribution < 1.29 is 27.8 Å². The molecule has 10 heteroatoms. The van der Waals surface area contributed by atoms with Crippen LogP contribution in [0.5, 0.6) is 5.75 Å². The van der Waals surface area contributed by atoms with Crippen LogP contribution in [0.1, 0.15) is 19.4 Å². The van der Waals surface area contributed by atoms with E-state index in [2.05, 4.69) is 11.8 Å². The van der Waals surface area contributed by atoms with Crippen LogP contribution < -0.4 is 4.74 Å². The molecule has 1 aromatic carbocycles. The molecule has 0 spiro atoms. The number of sulfonamides is 1. The standard InChI is InChI=1S/C23H35N3O6S/c1-17-13-26(18(2)16-27)33(29,30)22-10-9-19(8-7-11-31-6)12-20(22)32-21(17)14-25(5)23(28)15-24(3)4/h9-10,12,17-18,21,27H,11,13-16H2,1-6H3/t17-,18+,21-/m0/s1. The van der Waals surface area contributed by atoms with E-state index in [1.54, 1.807) is 43.0 Å². The van der Waals surface area contributed by atoms with Gasteiger partial charge in [0, 0.05) is 38.2 Å². The summed E-state index contributed by atoms with van der Waals surface area (Å²) in [5.74, 6) is 5.65. The van der Waals surface area contributed by atoms with Crippen LogP contribution in [0.25, 0.3) is 0 Å². The van der Waals surface area contributed by atoms with Crippen LogP contribution in [0, 0.1) is 17.8 Å². The van der Waals surface area contributed by atoms with Gasteiger partial charge in [0.1, 0.15) is 23.4 Å². The maximum Gasteiger partial charge on any atom is 0.247 e. The zero-order valence-corrected chi connectivity index (χ0v) is 21.1. The highest BCUT2D eigenvalue weighted by Crippen LogP contribution is 2.34. The van der Waals surface area contributed by atoms with Gasteiger partial charge in [0.05, 0.1) is 19.7 Å². The van der Waals surface area contributed by atoms with Gasteiger partial charge in [0.15, 0.2) is 0 Å². The monoisotopic (exact) mass is 481 g/mol. The summed E-state index contributed by atoms with van der Waals surface area (Å²) in [7, 11) is 2.97. The minimum absolute atomic E-state index is 0.0132. The van der Waals surface area contributed by atoms with E-state index in [1.807, 2.05) is 21.0 Å². The summed E-state index contributed by atoms with van der Waals surface area (Å²) in [5, 5.41) is 9.72. The zero-order valence-electron chi connectivity index (χ0n) is 20.2. The minimum atomic E-state index is -3.92. The zero-order chi connectivity index (χ0) is 24.8. The predicted octanol–water partition coefficient (Wildman–Crippen LogP) is 0.473. The van der Waals surface area contributed by atoms with E-state index in [-0.39, 0.29) is 55.3 Å². The lowest BCUT2D eigenvalue weighted by Gasteiger charge is -2.37. The van der Waals surface area contributed by atoms with Gasteiger partial charge in [-0.25, -0.2) is 8.42 Å². The number of rotatable bonds is 7. The van der Waals surface area contributed by atoms with E-state index in [0.29, 0.717) is 5.56 Å². The first-order chi connectivity index (χ1) is 15.5. The van der Waals surface area contributed by atoms with Crippen LogP contribution in [0.15, 0.2) is 23.1 Å². The van der Waals surface area contributed by atoms with Gasteiger partial charge in [-0.2, -0.15) is 4.31 Å². The smallest absolute Gasteiger partial charge is 0.247 e. The average molecular weight is 482 g/mol. The van der Waals surface area contributed by atoms with Crippen LogP contribution >= 0.6 is 0 Å². The number of aliphatic hydroxyl groups is 1. The number of hydrogen-bond donors (Lipinski definition) is 1. The number of benzene rings is 1. The van der Waals surface area contributed by atoms with Crippen molar-refractivity contribution in [1.29, 1.82) is 0 Å². The summed E-state index contributed by atoms with van der Waals surface area (Å²) in [6.07, 6.45) is -0.467. The second kappa shape index (κ2) is 11.8. The topological polar surface area (TPSA) is 99.6 Å². The van der Waals surface area contributed by atoms with Gasteiger partial charge in [-0.3, -0.25) is 4.79 Å². The van der Waals surface area contributed by atoms with Crippen LogP contribution in [0.3, 0.4) is 0 Å². The molecular formula is C23H35N3O6S. The first kappa shape index (κ1) is 27.1. The molecule has 0 saturated heterocycles. The summed E-state index contributed by atoms with van der Waals surface area (Å²) in [5.41, 5.74) is 0.590. The molecule has 0 aliphatic carbocycles. The van der Waals surface area contributed by atoms with E-state index < -0.39 is 22.2 Å². The molecule has 0 bridgehead atoms. The lowest BCUT2D eigenvalue weighted by atomic mass is 10.0. The third kappa shape index (κ3) is 6.91. The SMILES string of the molecule is COCC#Cc1ccc2c(c1)O[C@@H](CN(C)C(=O)CN(C)C)[C@@H](C)CN([C@H](C)CO)S2(=O)=O. The van der Waals surface area contributed by atoms with Crippen LogP contribution in [0.2, 0.25) is 0 Å². The Bertz CT molecular complexity index is 986. The maximum atomic E-state index is 13.5. The van der Waals surface area contributed by atoms with Gasteiger partial charge in [-0.05, 0) is 39.2 Å². The fourth-order valence-electron chi connectivity index (χ4n) is 3.49. The first-order valence-corrected chi connectivity index (χ1v) is 12.2. The molecular weight excluding hydrogens is 446 g/mol. The first-order valence-electron chi connectivity index (χ1n) is 10.8. The largest absolute Gasteiger partial charge is 0.487 e. The van der Waals surface area contributed by atoms with Crippen molar-refractivity contribution in [2.45, 2.75) is 30.9 Å². The number of methoxy groups -OCH3 is 1. The summed E-state index contributed by atoms with van der Waals surface area (Å²) < 4.78 is 39.4. The molecule has 1 aromatic rings. The van der Waals surface area contributed by atoms with E-state index in [0.717, 1.165) is 0 Å². The number of fused-ring (bicyclic) bond motifs is 1. The molecule has 2 rings (SSSR count). The Kier molecular flexibility index (Phi) is 9.70. The third-order valence-corrected chi connectivity index (χ3v) is 7.47. The highest BCUT2D eigenvalue weighted by Gasteiger charge is 2.38. The van der Waals surface area contributed by atoms with Crippen LogP contribution in [-0.2, 0) is 19.6 Å². The van der Waals surface area contributed by atoms with Crippen molar-refractivity contribution in [3.63, 3.8) is 0 Å². The number of carbonyl (C=O) groups excluding carboxylic acids is 1. The van der Waals surface area contributed by atoms with E-state index in [9.17, 15) is 18.3 Å². The van der Waals surface area contributed by atoms with Crippen LogP contribution in [-0.4, -0.2) is 107 Å². The van der Waals surface area contributed by atoms with E-state index >= 15 is 0 Å². The molecule has 0 fully saturated rings. The number of hydrogen-bond acceptors (Lipinski definition) is 7. The third-order valence-electron chi connectivity index (χ3n) is 5.45. The quantitative estimate of drug-likeness (QED) is 0.565. The highest BCUT2D eigenvalue weighted by molar-refractivity contribution is 7.89. The van der Waals surface area contributed by atoms with Crippen molar-refractivity contribution >= 4 is 15.9 Å². The number of amides is 1.